The van der Waals surface area contributed by atoms with Crippen LogP contribution in [0.2, 0.25) is 5.02 Å². The average molecular weight is 977 g/mol. The van der Waals surface area contributed by atoms with Gasteiger partial charge < -0.3 is 25.6 Å². The number of carboxylic acid groups (broad SMARTS) is 2. The third-order valence-corrected chi connectivity index (χ3v) is 16.2. The molecule has 2 atom stereocenters. The van der Waals surface area contributed by atoms with Gasteiger partial charge in [-0.15, -0.1) is 11.3 Å². The number of rotatable bonds is 15. The zero-order valence-corrected chi connectivity index (χ0v) is 39.1. The Bertz CT molecular complexity index is 2940. The number of anilines is 2. The van der Waals surface area contributed by atoms with Crippen LogP contribution in [0.3, 0.4) is 0 Å². The second-order valence-electron chi connectivity index (χ2n) is 17.7. The molecule has 1 unspecified atom stereocenters. The Morgan fingerprint density at radius 3 is 2.28 bits per heavy atom. The summed E-state index contributed by atoms with van der Waals surface area (Å²) < 4.78 is 38.0. The molecule has 5 N–H and O–H groups in total. The number of thiophene rings is 1. The molecule has 5 aromatic rings. The number of benzene rings is 3. The van der Waals surface area contributed by atoms with Crippen LogP contribution < -0.4 is 26.4 Å². The van der Waals surface area contributed by atoms with E-state index in [1.54, 1.807) is 47.0 Å². The highest BCUT2D eigenvalue weighted by atomic mass is 35.5. The maximum Gasteiger partial charge on any atom is 0.349 e. The van der Waals surface area contributed by atoms with Crippen molar-refractivity contribution in [2.45, 2.75) is 81.8 Å². The number of aromatic carboxylic acids is 1. The summed E-state index contributed by atoms with van der Waals surface area (Å²) >= 11 is 7.39. The summed E-state index contributed by atoms with van der Waals surface area (Å²) in [6.45, 7) is 4.44. The van der Waals surface area contributed by atoms with Gasteiger partial charge in [0.2, 0.25) is 27.7 Å². The van der Waals surface area contributed by atoms with Crippen molar-refractivity contribution in [3.8, 4) is 16.2 Å². The summed E-state index contributed by atoms with van der Waals surface area (Å²) in [5.41, 5.74) is 2.56. The lowest BCUT2D eigenvalue weighted by atomic mass is 9.89. The molecule has 3 fully saturated rings. The van der Waals surface area contributed by atoms with Gasteiger partial charge in [0.1, 0.15) is 11.1 Å². The molecule has 18 nitrogen and oxygen atoms in total. The lowest BCUT2D eigenvalue weighted by Crippen LogP contribution is -2.55. The molecule has 354 valence electrons. The van der Waals surface area contributed by atoms with Crippen LogP contribution in [0.15, 0.2) is 77.6 Å². The molecule has 21 heteroatoms. The minimum absolute atomic E-state index is 0.00491. The van der Waals surface area contributed by atoms with Crippen LogP contribution in [0.5, 0.6) is 5.75 Å². The number of amides is 3. The summed E-state index contributed by atoms with van der Waals surface area (Å²) in [5.74, 6) is -4.16. The van der Waals surface area contributed by atoms with Gasteiger partial charge in [-0.05, 0) is 93.5 Å². The molecule has 0 bridgehead atoms. The van der Waals surface area contributed by atoms with Crippen molar-refractivity contribution in [2.24, 2.45) is 0 Å². The Hall–Kier alpha value is -6.06. The molecule has 0 saturated carbocycles. The van der Waals surface area contributed by atoms with Crippen molar-refractivity contribution < 1.29 is 47.3 Å². The highest BCUT2D eigenvalue weighted by Gasteiger charge is 2.42. The predicted molar refractivity (Wildman–Crippen MR) is 252 cm³/mol. The van der Waals surface area contributed by atoms with E-state index in [9.17, 15) is 42.3 Å². The standard InChI is InChI=1S/C46H50ClN7O11S2/c1-46(2)23-31(48-30-10-6-8-28(22-30)41-39(47)40(65-25-38(57)58)42(66-41)44(60)61)15-20-52(46)67(63,64)26-27-7-5-9-29(21-27)49-37(56)24-51-18-16-32(17-19-51)53-33-11-3-4-12-34(33)54(45(53)62)35-13-14-36(55)50-43(35)59/h3-12,21-22,31-32,35,48H,13-20,23-26H2,1-2H3,(H,49,56)(H,57,58)(H,60,61)(H,50,55,59)/t31-,35?/m0/s1. The number of carboxylic acids is 2. The van der Waals surface area contributed by atoms with Crippen LogP contribution in [-0.2, 0) is 35.0 Å². The molecule has 3 aliphatic rings. The Kier molecular flexibility index (Phi) is 13.6. The number of para-hydroxylation sites is 2. The summed E-state index contributed by atoms with van der Waals surface area (Å²) in [4.78, 5) is 77.0. The van der Waals surface area contributed by atoms with E-state index < -0.39 is 46.1 Å². The number of carbonyl (C=O) groups is 5. The maximum atomic E-state index is 14.0. The average Bonchev–Trinajstić information content (AvgIpc) is 3.75. The lowest BCUT2D eigenvalue weighted by molar-refractivity contribution is -0.139. The highest BCUT2D eigenvalue weighted by Crippen LogP contribution is 2.46. The van der Waals surface area contributed by atoms with E-state index >= 15 is 0 Å². The van der Waals surface area contributed by atoms with Crippen molar-refractivity contribution in [3.05, 3.63) is 98.7 Å². The number of nitrogens with zero attached hydrogens (tertiary/aromatic N) is 4. The van der Waals surface area contributed by atoms with E-state index in [1.165, 1.54) is 8.87 Å². The van der Waals surface area contributed by atoms with Gasteiger partial charge in [-0.3, -0.25) is 33.7 Å². The van der Waals surface area contributed by atoms with Crippen molar-refractivity contribution in [1.82, 2.24) is 23.7 Å². The number of imide groups is 1. The minimum Gasteiger partial charge on any atom is -0.479 e. The fourth-order valence-electron chi connectivity index (χ4n) is 9.54. The number of sulfonamides is 1. The van der Waals surface area contributed by atoms with E-state index in [0.717, 1.165) is 11.3 Å². The smallest absolute Gasteiger partial charge is 0.349 e. The number of aliphatic carboxylic acids is 1. The molecule has 3 aliphatic heterocycles. The number of likely N-dealkylation sites (tertiary alicyclic amines) is 1. The zero-order chi connectivity index (χ0) is 47.8. The number of ether oxygens (including phenoxy) is 1. The third-order valence-electron chi connectivity index (χ3n) is 12.5. The summed E-state index contributed by atoms with van der Waals surface area (Å²) in [7, 11) is -3.81. The third kappa shape index (κ3) is 10.3. The SMILES string of the molecule is CC1(C)C[C@@H](Nc2cccc(-c3sc(C(=O)O)c(OCC(=O)O)c3Cl)c2)CCN1S(=O)(=O)Cc1cccc(NC(=O)CN2CCC(n3c(=O)n(C4CCC(=O)NC4=O)c4ccccc43)CC2)c1. The number of nitrogens with one attached hydrogen (secondary N) is 3. The number of aromatic nitrogens is 2. The molecule has 8 rings (SSSR count). The second kappa shape index (κ2) is 19.3. The quantitative estimate of drug-likeness (QED) is 0.0783. The number of halogens is 1. The van der Waals surface area contributed by atoms with Gasteiger partial charge in [0.15, 0.2) is 17.2 Å². The predicted octanol–water partition coefficient (Wildman–Crippen LogP) is 5.78. The largest absolute Gasteiger partial charge is 0.479 e. The Morgan fingerprint density at radius 2 is 1.60 bits per heavy atom. The molecule has 3 saturated heterocycles. The van der Waals surface area contributed by atoms with Crippen LogP contribution in [0.4, 0.5) is 11.4 Å². The normalized spacial score (nSPS) is 19.5. The topological polar surface area (TPSA) is 239 Å². The zero-order valence-electron chi connectivity index (χ0n) is 36.7. The Labute approximate surface area is 394 Å². The highest BCUT2D eigenvalue weighted by molar-refractivity contribution is 7.88. The number of fused-ring (bicyclic) bond motifs is 1. The first-order valence-electron chi connectivity index (χ1n) is 21.8. The number of hydrogen-bond acceptors (Lipinski definition) is 12. The summed E-state index contributed by atoms with van der Waals surface area (Å²) in [6.07, 6.45) is 2.56. The monoisotopic (exact) mass is 975 g/mol. The van der Waals surface area contributed by atoms with Crippen molar-refractivity contribution >= 4 is 85.0 Å². The molecular formula is C46H50ClN7O11S2. The Morgan fingerprint density at radius 1 is 0.896 bits per heavy atom. The van der Waals surface area contributed by atoms with Crippen LogP contribution in [0.1, 0.15) is 79.7 Å². The van der Waals surface area contributed by atoms with Crippen LogP contribution in [0, 0.1) is 0 Å². The first-order valence-corrected chi connectivity index (χ1v) is 24.6. The fraction of sp³-hybridized carbons (Fsp3) is 0.391. The molecule has 67 heavy (non-hydrogen) atoms. The van der Waals surface area contributed by atoms with Crippen LogP contribution >= 0.6 is 22.9 Å². The van der Waals surface area contributed by atoms with E-state index in [2.05, 4.69) is 16.0 Å². The molecular weight excluding hydrogens is 926 g/mol. The molecule has 3 amide bonds. The second-order valence-corrected chi connectivity index (χ2v) is 21.0. The van der Waals surface area contributed by atoms with E-state index in [0.29, 0.717) is 77.2 Å². The van der Waals surface area contributed by atoms with E-state index in [4.69, 9.17) is 21.4 Å². The number of piperidine rings is 3. The van der Waals surface area contributed by atoms with Gasteiger partial charge in [0.05, 0.1) is 28.2 Å². The maximum absolute atomic E-state index is 14.0. The van der Waals surface area contributed by atoms with E-state index in [1.807, 2.05) is 49.1 Å². The fourth-order valence-corrected chi connectivity index (χ4v) is 12.9. The van der Waals surface area contributed by atoms with Gasteiger partial charge >= 0.3 is 17.6 Å². The number of hydrogen-bond donors (Lipinski definition) is 5. The molecule has 0 aliphatic carbocycles. The van der Waals surface area contributed by atoms with Crippen LogP contribution in [0.25, 0.3) is 21.5 Å². The molecule has 2 aromatic heterocycles. The van der Waals surface area contributed by atoms with Gasteiger partial charge in [0, 0.05) is 55.1 Å². The van der Waals surface area contributed by atoms with Gasteiger partial charge in [0.25, 0.3) is 0 Å². The first kappa shape index (κ1) is 47.4. The Balaban J connectivity index is 0.853. The molecule has 5 heterocycles. The van der Waals surface area contributed by atoms with Gasteiger partial charge in [-0.2, -0.15) is 4.31 Å². The van der Waals surface area contributed by atoms with Crippen molar-refractivity contribution in [1.29, 1.82) is 0 Å². The van der Waals surface area contributed by atoms with Gasteiger partial charge in [-0.25, -0.2) is 22.8 Å². The summed E-state index contributed by atoms with van der Waals surface area (Å²) in [5, 5.41) is 27.5. The molecule has 0 radical (unpaired) electrons. The molecule has 0 spiro atoms. The number of imidazole rings is 1. The van der Waals surface area contributed by atoms with Gasteiger partial charge in [-0.1, -0.05) is 48.0 Å². The van der Waals surface area contributed by atoms with Crippen molar-refractivity contribution in [3.63, 3.8) is 0 Å². The lowest BCUT2D eigenvalue weighted by Gasteiger charge is -2.45. The molecule has 3 aromatic carbocycles. The van der Waals surface area contributed by atoms with Crippen LogP contribution in [-0.4, -0.2) is 111 Å². The summed E-state index contributed by atoms with van der Waals surface area (Å²) in [6, 6.07) is 20.2. The van der Waals surface area contributed by atoms with E-state index in [-0.39, 0.29) is 76.9 Å². The minimum atomic E-state index is -3.81. The van der Waals surface area contributed by atoms with Crippen molar-refractivity contribution in [2.75, 3.05) is 43.4 Å². The first-order chi connectivity index (χ1) is 31.9. The number of carbonyl (C=O) groups excluding carboxylic acids is 3.